The second kappa shape index (κ2) is 6.46. The molecule has 0 aliphatic heterocycles. The summed E-state index contributed by atoms with van der Waals surface area (Å²) in [5, 5.41) is 9.26. The van der Waals surface area contributed by atoms with Gasteiger partial charge in [-0.05, 0) is 19.4 Å². The zero-order valence-corrected chi connectivity index (χ0v) is 9.74. The van der Waals surface area contributed by atoms with Gasteiger partial charge in [0.05, 0.1) is 6.61 Å². The van der Waals surface area contributed by atoms with E-state index >= 15 is 0 Å². The van der Waals surface area contributed by atoms with Gasteiger partial charge >= 0.3 is 0 Å². The Labute approximate surface area is 92.5 Å². The van der Waals surface area contributed by atoms with E-state index < -0.39 is 0 Å². The Bertz CT molecular complexity index is 286. The first-order valence-corrected chi connectivity index (χ1v) is 5.77. The SMILES string of the molecule is CCCCN(CC)c1ccccc1CO. The van der Waals surface area contributed by atoms with E-state index in [4.69, 9.17) is 0 Å². The van der Waals surface area contributed by atoms with Crippen LogP contribution in [0.25, 0.3) is 0 Å². The van der Waals surface area contributed by atoms with Gasteiger partial charge in [-0.25, -0.2) is 0 Å². The van der Waals surface area contributed by atoms with Crippen LogP contribution in [0.2, 0.25) is 0 Å². The van der Waals surface area contributed by atoms with Crippen molar-refractivity contribution in [1.29, 1.82) is 0 Å². The summed E-state index contributed by atoms with van der Waals surface area (Å²) in [7, 11) is 0. The molecule has 0 unspecified atom stereocenters. The number of hydrogen-bond acceptors (Lipinski definition) is 2. The average Bonchev–Trinajstić information content (AvgIpc) is 2.30. The molecule has 0 saturated heterocycles. The highest BCUT2D eigenvalue weighted by Gasteiger charge is 2.07. The summed E-state index contributed by atoms with van der Waals surface area (Å²) < 4.78 is 0. The summed E-state index contributed by atoms with van der Waals surface area (Å²) in [6.45, 7) is 6.55. The van der Waals surface area contributed by atoms with Crippen molar-refractivity contribution in [3.8, 4) is 0 Å². The molecule has 1 aromatic carbocycles. The van der Waals surface area contributed by atoms with Gasteiger partial charge in [0.25, 0.3) is 0 Å². The van der Waals surface area contributed by atoms with Crippen molar-refractivity contribution in [2.45, 2.75) is 33.3 Å². The van der Waals surface area contributed by atoms with Crippen molar-refractivity contribution in [2.24, 2.45) is 0 Å². The first kappa shape index (κ1) is 12.1. The van der Waals surface area contributed by atoms with Crippen LogP contribution in [0.5, 0.6) is 0 Å². The quantitative estimate of drug-likeness (QED) is 0.775. The number of hydrogen-bond donors (Lipinski definition) is 1. The van der Waals surface area contributed by atoms with Crippen LogP contribution < -0.4 is 4.90 Å². The molecule has 0 amide bonds. The fourth-order valence-corrected chi connectivity index (χ4v) is 1.75. The molecule has 0 fully saturated rings. The lowest BCUT2D eigenvalue weighted by molar-refractivity contribution is 0.282. The van der Waals surface area contributed by atoms with Gasteiger partial charge in [-0.3, -0.25) is 0 Å². The van der Waals surface area contributed by atoms with Gasteiger partial charge in [0, 0.05) is 24.3 Å². The largest absolute Gasteiger partial charge is 0.392 e. The third-order valence-corrected chi connectivity index (χ3v) is 2.67. The van der Waals surface area contributed by atoms with E-state index in [2.05, 4.69) is 24.8 Å². The summed E-state index contributed by atoms with van der Waals surface area (Å²) in [6, 6.07) is 8.08. The van der Waals surface area contributed by atoms with Crippen LogP contribution in [0.15, 0.2) is 24.3 Å². The molecule has 1 rings (SSSR count). The lowest BCUT2D eigenvalue weighted by Gasteiger charge is -2.25. The van der Waals surface area contributed by atoms with E-state index in [0.29, 0.717) is 0 Å². The minimum absolute atomic E-state index is 0.124. The molecule has 0 saturated carbocycles. The maximum absolute atomic E-state index is 9.26. The Morgan fingerprint density at radius 3 is 2.53 bits per heavy atom. The Balaban J connectivity index is 2.80. The fourth-order valence-electron chi connectivity index (χ4n) is 1.75. The molecule has 0 heterocycles. The molecule has 0 atom stereocenters. The number of benzene rings is 1. The van der Waals surface area contributed by atoms with Gasteiger partial charge in [0.1, 0.15) is 0 Å². The van der Waals surface area contributed by atoms with E-state index in [0.717, 1.165) is 18.7 Å². The highest BCUT2D eigenvalue weighted by atomic mass is 16.3. The third-order valence-electron chi connectivity index (χ3n) is 2.67. The second-order valence-corrected chi connectivity index (χ2v) is 3.72. The van der Waals surface area contributed by atoms with Gasteiger partial charge in [0.15, 0.2) is 0 Å². The third kappa shape index (κ3) is 3.24. The number of unbranched alkanes of at least 4 members (excludes halogenated alkanes) is 1. The monoisotopic (exact) mass is 207 g/mol. The lowest BCUT2D eigenvalue weighted by atomic mass is 10.1. The van der Waals surface area contributed by atoms with Crippen LogP contribution in [-0.2, 0) is 6.61 Å². The van der Waals surface area contributed by atoms with Crippen LogP contribution >= 0.6 is 0 Å². The molecule has 1 N–H and O–H groups in total. The van der Waals surface area contributed by atoms with Crippen LogP contribution in [0.1, 0.15) is 32.3 Å². The number of para-hydroxylation sites is 1. The summed E-state index contributed by atoms with van der Waals surface area (Å²) in [4.78, 5) is 2.33. The van der Waals surface area contributed by atoms with Gasteiger partial charge in [-0.15, -0.1) is 0 Å². The molecular formula is C13H21NO. The fraction of sp³-hybridized carbons (Fsp3) is 0.538. The molecule has 0 aliphatic carbocycles. The van der Waals surface area contributed by atoms with Gasteiger partial charge in [-0.2, -0.15) is 0 Å². The molecule has 0 radical (unpaired) electrons. The van der Waals surface area contributed by atoms with Crippen LogP contribution in [-0.4, -0.2) is 18.2 Å². The molecule has 0 aliphatic rings. The maximum atomic E-state index is 9.26. The summed E-state index contributed by atoms with van der Waals surface area (Å²) >= 11 is 0. The Hall–Kier alpha value is -1.02. The lowest BCUT2D eigenvalue weighted by Crippen LogP contribution is -2.24. The zero-order valence-electron chi connectivity index (χ0n) is 9.74. The van der Waals surface area contributed by atoms with E-state index in [-0.39, 0.29) is 6.61 Å². The summed E-state index contributed by atoms with van der Waals surface area (Å²) in [5.41, 5.74) is 2.20. The van der Waals surface area contributed by atoms with Crippen molar-refractivity contribution < 1.29 is 5.11 Å². The molecule has 0 bridgehead atoms. The Morgan fingerprint density at radius 2 is 1.93 bits per heavy atom. The topological polar surface area (TPSA) is 23.5 Å². The maximum Gasteiger partial charge on any atom is 0.0702 e. The predicted molar refractivity (Wildman–Crippen MR) is 65.2 cm³/mol. The van der Waals surface area contributed by atoms with E-state index in [9.17, 15) is 5.11 Å². The highest BCUT2D eigenvalue weighted by molar-refractivity contribution is 5.53. The number of rotatable bonds is 6. The van der Waals surface area contributed by atoms with Crippen molar-refractivity contribution in [1.82, 2.24) is 0 Å². The van der Waals surface area contributed by atoms with Crippen molar-refractivity contribution >= 4 is 5.69 Å². The molecule has 84 valence electrons. The van der Waals surface area contributed by atoms with Crippen molar-refractivity contribution in [3.05, 3.63) is 29.8 Å². The summed E-state index contributed by atoms with van der Waals surface area (Å²) in [5.74, 6) is 0. The Kier molecular flexibility index (Phi) is 5.19. The Morgan fingerprint density at radius 1 is 1.20 bits per heavy atom. The smallest absolute Gasteiger partial charge is 0.0702 e. The molecule has 2 heteroatoms. The highest BCUT2D eigenvalue weighted by Crippen LogP contribution is 2.20. The molecule has 1 aromatic rings. The van der Waals surface area contributed by atoms with Crippen molar-refractivity contribution in [3.63, 3.8) is 0 Å². The normalized spacial score (nSPS) is 10.3. The zero-order chi connectivity index (χ0) is 11.1. The number of anilines is 1. The van der Waals surface area contributed by atoms with E-state index in [1.165, 1.54) is 18.5 Å². The number of aliphatic hydroxyl groups excluding tert-OH is 1. The predicted octanol–water partition coefficient (Wildman–Crippen LogP) is 2.81. The van der Waals surface area contributed by atoms with Gasteiger partial charge in [0.2, 0.25) is 0 Å². The van der Waals surface area contributed by atoms with Crippen molar-refractivity contribution in [2.75, 3.05) is 18.0 Å². The van der Waals surface area contributed by atoms with Crippen LogP contribution in [0.3, 0.4) is 0 Å². The minimum Gasteiger partial charge on any atom is -0.392 e. The molecule has 15 heavy (non-hydrogen) atoms. The number of nitrogens with zero attached hydrogens (tertiary/aromatic N) is 1. The second-order valence-electron chi connectivity index (χ2n) is 3.72. The van der Waals surface area contributed by atoms with Crippen LogP contribution in [0, 0.1) is 0 Å². The number of aliphatic hydroxyl groups is 1. The first-order chi connectivity index (χ1) is 7.33. The standard InChI is InChI=1S/C13H21NO/c1-3-5-10-14(4-2)13-9-7-6-8-12(13)11-15/h6-9,15H,3-5,10-11H2,1-2H3. The van der Waals surface area contributed by atoms with Gasteiger partial charge in [-0.1, -0.05) is 31.5 Å². The first-order valence-electron chi connectivity index (χ1n) is 5.77. The minimum atomic E-state index is 0.124. The molecule has 2 nitrogen and oxygen atoms in total. The molecule has 0 spiro atoms. The van der Waals surface area contributed by atoms with Gasteiger partial charge < -0.3 is 10.0 Å². The van der Waals surface area contributed by atoms with E-state index in [1.807, 2.05) is 18.2 Å². The van der Waals surface area contributed by atoms with Crippen LogP contribution in [0.4, 0.5) is 5.69 Å². The molecule has 0 aromatic heterocycles. The molecular weight excluding hydrogens is 186 g/mol. The van der Waals surface area contributed by atoms with E-state index in [1.54, 1.807) is 0 Å². The summed E-state index contributed by atoms with van der Waals surface area (Å²) in [6.07, 6.45) is 2.41. The average molecular weight is 207 g/mol.